The zero-order valence-electron chi connectivity index (χ0n) is 17.4. The van der Waals surface area contributed by atoms with Crippen LogP contribution in [0.25, 0.3) is 11.3 Å². The minimum absolute atomic E-state index is 0.232. The lowest BCUT2D eigenvalue weighted by atomic mass is 10.1. The molecule has 0 saturated heterocycles. The zero-order chi connectivity index (χ0) is 21.4. The first-order chi connectivity index (χ1) is 13.8. The van der Waals surface area contributed by atoms with Crippen molar-refractivity contribution in [3.63, 3.8) is 0 Å². The van der Waals surface area contributed by atoms with E-state index in [9.17, 15) is 14.9 Å². The van der Waals surface area contributed by atoms with E-state index < -0.39 is 6.04 Å². The van der Waals surface area contributed by atoms with E-state index in [1.807, 2.05) is 56.3 Å². The highest BCUT2D eigenvalue weighted by Gasteiger charge is 2.16. The molecule has 154 valence electrons. The van der Waals surface area contributed by atoms with Crippen LogP contribution in [0.15, 0.2) is 60.2 Å². The van der Waals surface area contributed by atoms with Gasteiger partial charge in [0.15, 0.2) is 0 Å². The minimum atomic E-state index is -0.719. The second-order valence-electron chi connectivity index (χ2n) is 7.00. The number of carbonyl (C=O) groups excluding carboxylic acids is 1. The third-order valence-electron chi connectivity index (χ3n) is 4.69. The molecule has 1 heterocycles. The van der Waals surface area contributed by atoms with E-state index in [0.717, 1.165) is 28.1 Å². The van der Waals surface area contributed by atoms with Crippen molar-refractivity contribution in [1.29, 1.82) is 0 Å². The van der Waals surface area contributed by atoms with Crippen LogP contribution in [0.5, 0.6) is 0 Å². The number of rotatable bonds is 9. The van der Waals surface area contributed by atoms with Crippen molar-refractivity contribution in [3.8, 4) is 11.3 Å². The molecule has 6 heteroatoms. The molecule has 0 bridgehead atoms. The Bertz CT molecular complexity index is 910. The molecular weight excluding hydrogens is 368 g/mol. The van der Waals surface area contributed by atoms with E-state index >= 15 is 0 Å². The smallest absolute Gasteiger partial charge is 0.310 e. The quantitative estimate of drug-likeness (QED) is 0.266. The summed E-state index contributed by atoms with van der Waals surface area (Å²) in [5.74, 6) is -0.240. The summed E-state index contributed by atoms with van der Waals surface area (Å²) in [5, 5.41) is 10.7. The standard InChI is InChI=1S/C23H28N2O4/c1-5-29-23(26)15-21-14-22(20-12-7-6-8-13-20)24(19(21)4)16-17(2)10-9-11-18(3)25(27)28/h6-14,18H,5,15-16H2,1-4H3/b11-9-,17-10+. The van der Waals surface area contributed by atoms with Gasteiger partial charge in [-0.3, -0.25) is 14.9 Å². The van der Waals surface area contributed by atoms with Gasteiger partial charge in [0.25, 0.3) is 0 Å². The number of nitro groups is 1. The van der Waals surface area contributed by atoms with Gasteiger partial charge in [0.2, 0.25) is 6.04 Å². The maximum absolute atomic E-state index is 12.0. The molecule has 1 atom stereocenters. The molecule has 0 aliphatic rings. The van der Waals surface area contributed by atoms with Crippen LogP contribution in [0.4, 0.5) is 0 Å². The molecule has 0 saturated carbocycles. The third kappa shape index (κ3) is 6.17. The van der Waals surface area contributed by atoms with E-state index in [1.165, 1.54) is 0 Å². The molecule has 0 spiro atoms. The molecule has 1 aromatic heterocycles. The van der Waals surface area contributed by atoms with Gasteiger partial charge >= 0.3 is 5.97 Å². The lowest BCUT2D eigenvalue weighted by Crippen LogP contribution is -2.10. The highest BCUT2D eigenvalue weighted by molar-refractivity contribution is 5.74. The molecule has 0 aliphatic heterocycles. The van der Waals surface area contributed by atoms with Gasteiger partial charge in [0.05, 0.1) is 13.0 Å². The SMILES string of the molecule is CCOC(=O)Cc1cc(-c2ccccc2)n(C/C(C)=C/C=C\C(C)[N+](=O)[O-])c1C. The second kappa shape index (κ2) is 10.4. The summed E-state index contributed by atoms with van der Waals surface area (Å²) in [6.45, 7) is 8.31. The number of carbonyl (C=O) groups is 1. The molecule has 1 unspecified atom stereocenters. The molecule has 0 fully saturated rings. The Morgan fingerprint density at radius 3 is 2.62 bits per heavy atom. The van der Waals surface area contributed by atoms with Crippen molar-refractivity contribution < 1.29 is 14.5 Å². The fraction of sp³-hybridized carbons (Fsp3) is 0.348. The number of nitrogens with zero attached hydrogens (tertiary/aromatic N) is 2. The Morgan fingerprint density at radius 1 is 1.31 bits per heavy atom. The maximum Gasteiger partial charge on any atom is 0.310 e. The van der Waals surface area contributed by atoms with E-state index in [4.69, 9.17) is 4.74 Å². The molecule has 0 radical (unpaired) electrons. The maximum atomic E-state index is 12.0. The van der Waals surface area contributed by atoms with Gasteiger partial charge in [0, 0.05) is 29.8 Å². The number of hydrogen-bond donors (Lipinski definition) is 0. The largest absolute Gasteiger partial charge is 0.466 e. The number of esters is 1. The average Bonchev–Trinajstić information content (AvgIpc) is 2.98. The lowest BCUT2D eigenvalue weighted by molar-refractivity contribution is -0.504. The highest BCUT2D eigenvalue weighted by Crippen LogP contribution is 2.27. The first-order valence-corrected chi connectivity index (χ1v) is 9.71. The normalized spacial score (nSPS) is 12.9. The van der Waals surface area contributed by atoms with Crippen LogP contribution in [0, 0.1) is 17.0 Å². The van der Waals surface area contributed by atoms with Gasteiger partial charge < -0.3 is 9.30 Å². The highest BCUT2D eigenvalue weighted by atomic mass is 16.6. The van der Waals surface area contributed by atoms with Crippen LogP contribution in [0.1, 0.15) is 32.0 Å². The summed E-state index contributed by atoms with van der Waals surface area (Å²) in [6.07, 6.45) is 5.41. The number of benzene rings is 1. The van der Waals surface area contributed by atoms with Crippen molar-refractivity contribution in [2.75, 3.05) is 6.61 Å². The fourth-order valence-electron chi connectivity index (χ4n) is 3.05. The average molecular weight is 396 g/mol. The van der Waals surface area contributed by atoms with Crippen LogP contribution in [-0.2, 0) is 22.5 Å². The van der Waals surface area contributed by atoms with Gasteiger partial charge in [-0.15, -0.1) is 0 Å². The van der Waals surface area contributed by atoms with Crippen molar-refractivity contribution in [2.45, 2.75) is 46.7 Å². The van der Waals surface area contributed by atoms with Gasteiger partial charge in [-0.1, -0.05) is 48.1 Å². The van der Waals surface area contributed by atoms with Crippen molar-refractivity contribution in [3.05, 3.63) is 81.6 Å². The van der Waals surface area contributed by atoms with Gasteiger partial charge in [-0.05, 0) is 44.0 Å². The Kier molecular flexibility index (Phi) is 7.95. The van der Waals surface area contributed by atoms with Gasteiger partial charge in [0.1, 0.15) is 0 Å². The molecular formula is C23H28N2O4. The third-order valence-corrected chi connectivity index (χ3v) is 4.69. The van der Waals surface area contributed by atoms with E-state index in [2.05, 4.69) is 4.57 Å². The Morgan fingerprint density at radius 2 is 2.00 bits per heavy atom. The minimum Gasteiger partial charge on any atom is -0.466 e. The molecule has 0 aliphatic carbocycles. The summed E-state index contributed by atoms with van der Waals surface area (Å²) in [7, 11) is 0. The van der Waals surface area contributed by atoms with Crippen molar-refractivity contribution >= 4 is 5.97 Å². The van der Waals surface area contributed by atoms with Crippen molar-refractivity contribution in [2.24, 2.45) is 0 Å². The van der Waals surface area contributed by atoms with Crippen LogP contribution in [0.3, 0.4) is 0 Å². The topological polar surface area (TPSA) is 74.4 Å². The Balaban J connectivity index is 2.34. The van der Waals surface area contributed by atoms with Crippen LogP contribution < -0.4 is 0 Å². The number of hydrogen-bond acceptors (Lipinski definition) is 4. The number of ether oxygens (including phenoxy) is 1. The van der Waals surface area contributed by atoms with Crippen molar-refractivity contribution in [1.82, 2.24) is 4.57 Å². The first kappa shape index (κ1) is 22.1. The Hall–Kier alpha value is -3.15. The van der Waals surface area contributed by atoms with Crippen LogP contribution >= 0.6 is 0 Å². The summed E-state index contributed by atoms with van der Waals surface area (Å²) < 4.78 is 7.27. The molecule has 0 N–H and O–H groups in total. The van der Waals surface area contributed by atoms with E-state index in [0.29, 0.717) is 13.2 Å². The summed E-state index contributed by atoms with van der Waals surface area (Å²) in [4.78, 5) is 22.4. The fourth-order valence-corrected chi connectivity index (χ4v) is 3.05. The molecule has 0 amide bonds. The molecule has 1 aromatic carbocycles. The Labute approximate surface area is 171 Å². The lowest BCUT2D eigenvalue weighted by Gasteiger charge is -2.13. The van der Waals surface area contributed by atoms with E-state index in [1.54, 1.807) is 26.0 Å². The van der Waals surface area contributed by atoms with Gasteiger partial charge in [-0.2, -0.15) is 0 Å². The summed E-state index contributed by atoms with van der Waals surface area (Å²) in [6, 6.07) is 11.3. The first-order valence-electron chi connectivity index (χ1n) is 9.71. The second-order valence-corrected chi connectivity index (χ2v) is 7.00. The molecule has 29 heavy (non-hydrogen) atoms. The molecule has 6 nitrogen and oxygen atoms in total. The number of aromatic nitrogens is 1. The summed E-state index contributed by atoms with van der Waals surface area (Å²) >= 11 is 0. The van der Waals surface area contributed by atoms with Gasteiger partial charge in [-0.25, -0.2) is 0 Å². The number of allylic oxidation sites excluding steroid dienone is 3. The van der Waals surface area contributed by atoms with E-state index in [-0.39, 0.29) is 17.3 Å². The molecule has 2 aromatic rings. The molecule has 2 rings (SSSR count). The monoisotopic (exact) mass is 396 g/mol. The predicted molar refractivity (Wildman–Crippen MR) is 114 cm³/mol. The van der Waals surface area contributed by atoms with Crippen LogP contribution in [-0.4, -0.2) is 28.1 Å². The summed E-state index contributed by atoms with van der Waals surface area (Å²) in [5.41, 5.74) is 5.09. The predicted octanol–water partition coefficient (Wildman–Crippen LogP) is 4.74. The zero-order valence-corrected chi connectivity index (χ0v) is 17.4. The van der Waals surface area contributed by atoms with Crippen LogP contribution in [0.2, 0.25) is 0 Å².